The molecule has 0 aliphatic carbocycles. The molecule has 6 aromatic rings. The van der Waals surface area contributed by atoms with Gasteiger partial charge >= 0.3 is 0 Å². The van der Waals surface area contributed by atoms with Crippen LogP contribution in [0, 0.1) is 0 Å². The van der Waals surface area contributed by atoms with Gasteiger partial charge in [0.1, 0.15) is 5.01 Å². The van der Waals surface area contributed by atoms with Crippen molar-refractivity contribution in [2.45, 2.75) is 0 Å². The van der Waals surface area contributed by atoms with Crippen molar-refractivity contribution in [3.63, 3.8) is 0 Å². The molecule has 0 spiro atoms. The summed E-state index contributed by atoms with van der Waals surface area (Å²) in [5, 5.41) is 16.2. The van der Waals surface area contributed by atoms with Crippen LogP contribution in [-0.2, 0) is 0 Å². The van der Waals surface area contributed by atoms with Gasteiger partial charge in [0.2, 0.25) is 4.96 Å². The predicted molar refractivity (Wildman–Crippen MR) is 125 cm³/mol. The summed E-state index contributed by atoms with van der Waals surface area (Å²) in [7, 11) is 0. The Morgan fingerprint density at radius 1 is 0.774 bits per heavy atom. The number of aromatic nitrogens is 5. The molecule has 3 heterocycles. The van der Waals surface area contributed by atoms with Crippen LogP contribution in [0.1, 0.15) is 0 Å². The molecule has 0 aliphatic rings. The second-order valence-electron chi connectivity index (χ2n) is 7.07. The maximum absolute atomic E-state index is 6.03. The lowest BCUT2D eigenvalue weighted by atomic mass is 10.0. The van der Waals surface area contributed by atoms with E-state index >= 15 is 0 Å². The first-order valence-corrected chi connectivity index (χ1v) is 10.9. The number of rotatable bonds is 3. The molecule has 6 rings (SSSR count). The molecular weight excluding hydrogens is 426 g/mol. The minimum Gasteiger partial charge on any atom is -0.248 e. The second-order valence-corrected chi connectivity index (χ2v) is 8.46. The molecule has 3 aromatic heterocycles. The monoisotopic (exact) mass is 439 g/mol. The lowest BCUT2D eigenvalue weighted by Crippen LogP contribution is -1.93. The number of halogens is 1. The van der Waals surface area contributed by atoms with Crippen LogP contribution >= 0.6 is 22.9 Å². The minimum absolute atomic E-state index is 0.681. The topological polar surface area (TPSA) is 56.0 Å². The highest BCUT2D eigenvalue weighted by Gasteiger charge is 2.17. The van der Waals surface area contributed by atoms with Gasteiger partial charge in [-0.3, -0.25) is 0 Å². The average molecular weight is 440 g/mol. The Hall–Kier alpha value is -3.61. The summed E-state index contributed by atoms with van der Waals surface area (Å²) in [5.74, 6) is 0.691. The van der Waals surface area contributed by atoms with Crippen molar-refractivity contribution in [2.75, 3.05) is 0 Å². The zero-order chi connectivity index (χ0) is 20.8. The van der Waals surface area contributed by atoms with Crippen LogP contribution in [0.15, 0.2) is 84.9 Å². The number of nitrogens with zero attached hydrogens (tertiary/aromatic N) is 5. The van der Waals surface area contributed by atoms with Crippen LogP contribution in [0.4, 0.5) is 0 Å². The summed E-state index contributed by atoms with van der Waals surface area (Å²) in [6.07, 6.45) is 0. The van der Waals surface area contributed by atoms with E-state index in [1.165, 1.54) is 11.3 Å². The van der Waals surface area contributed by atoms with E-state index < -0.39 is 0 Å². The Balaban J connectivity index is 1.55. The Morgan fingerprint density at radius 3 is 2.39 bits per heavy atom. The third kappa shape index (κ3) is 3.17. The van der Waals surface area contributed by atoms with Gasteiger partial charge in [-0.05, 0) is 36.4 Å². The van der Waals surface area contributed by atoms with Gasteiger partial charge in [-0.15, -0.1) is 10.2 Å². The molecule has 5 nitrogen and oxygen atoms in total. The van der Waals surface area contributed by atoms with Gasteiger partial charge in [-0.1, -0.05) is 71.5 Å². The molecule has 0 atom stereocenters. The molecule has 0 N–H and O–H groups in total. The van der Waals surface area contributed by atoms with Crippen molar-refractivity contribution in [1.82, 2.24) is 24.8 Å². The molecule has 0 bridgehead atoms. The van der Waals surface area contributed by atoms with E-state index in [1.807, 2.05) is 60.7 Å². The molecule has 0 saturated carbocycles. The van der Waals surface area contributed by atoms with Crippen LogP contribution in [0.5, 0.6) is 0 Å². The van der Waals surface area contributed by atoms with E-state index in [2.05, 4.69) is 34.5 Å². The van der Waals surface area contributed by atoms with Gasteiger partial charge < -0.3 is 0 Å². The van der Waals surface area contributed by atoms with Gasteiger partial charge in [0.25, 0.3) is 0 Å². The minimum atomic E-state index is 0.681. The Labute approximate surface area is 186 Å². The highest BCUT2D eigenvalue weighted by molar-refractivity contribution is 7.20. The largest absolute Gasteiger partial charge is 0.248 e. The summed E-state index contributed by atoms with van der Waals surface area (Å²) in [4.78, 5) is 5.61. The fourth-order valence-corrected chi connectivity index (χ4v) is 4.61. The number of hydrogen-bond donors (Lipinski definition) is 0. The van der Waals surface area contributed by atoms with E-state index in [9.17, 15) is 0 Å². The van der Waals surface area contributed by atoms with E-state index in [-0.39, 0.29) is 0 Å². The lowest BCUT2D eigenvalue weighted by Gasteiger charge is -2.08. The predicted octanol–water partition coefficient (Wildman–Crippen LogP) is 6.39. The van der Waals surface area contributed by atoms with Crippen LogP contribution in [0.25, 0.3) is 49.1 Å². The Kier molecular flexibility index (Phi) is 4.26. The zero-order valence-electron chi connectivity index (χ0n) is 16.1. The quantitative estimate of drug-likeness (QED) is 0.320. The average Bonchev–Trinajstić information content (AvgIpc) is 3.41. The van der Waals surface area contributed by atoms with Gasteiger partial charge in [0, 0.05) is 27.1 Å². The van der Waals surface area contributed by atoms with E-state index in [0.717, 1.165) is 43.3 Å². The van der Waals surface area contributed by atoms with Crippen molar-refractivity contribution in [3.8, 4) is 33.2 Å². The number of benzene rings is 3. The number of hydrogen-bond acceptors (Lipinski definition) is 5. The summed E-state index contributed by atoms with van der Waals surface area (Å²) < 4.78 is 1.79. The SMILES string of the molecule is Clc1ccc(-c2nnc3sc(-c4cc(-c5ccccc5)nc5ccccc45)nn23)cc1. The Bertz CT molecular complexity index is 1540. The van der Waals surface area contributed by atoms with Crippen molar-refractivity contribution in [2.24, 2.45) is 0 Å². The molecule has 0 unspecified atom stereocenters. The van der Waals surface area contributed by atoms with Crippen LogP contribution in [-0.4, -0.2) is 24.8 Å². The molecule has 3 aromatic carbocycles. The normalized spacial score (nSPS) is 11.4. The van der Waals surface area contributed by atoms with Gasteiger partial charge in [0.15, 0.2) is 5.82 Å². The van der Waals surface area contributed by atoms with Crippen LogP contribution < -0.4 is 0 Å². The highest BCUT2D eigenvalue weighted by atomic mass is 35.5. The fourth-order valence-electron chi connectivity index (χ4n) is 3.61. The first kappa shape index (κ1) is 18.2. The summed E-state index contributed by atoms with van der Waals surface area (Å²) >= 11 is 7.55. The molecule has 0 radical (unpaired) electrons. The van der Waals surface area contributed by atoms with Crippen LogP contribution in [0.2, 0.25) is 5.02 Å². The summed E-state index contributed by atoms with van der Waals surface area (Å²) in [6, 6.07) is 28.0. The first-order chi connectivity index (χ1) is 15.3. The maximum Gasteiger partial charge on any atom is 0.235 e. The molecule has 148 valence electrons. The standard InChI is InChI=1S/C24H14ClN5S/c25-17-12-10-16(11-13-17)22-27-28-24-30(22)29-23(31-24)19-14-21(15-6-2-1-3-7-15)26-20-9-5-4-8-18(19)20/h1-14H. The van der Waals surface area contributed by atoms with Crippen molar-refractivity contribution in [1.29, 1.82) is 0 Å². The smallest absolute Gasteiger partial charge is 0.235 e. The van der Waals surface area contributed by atoms with Crippen LogP contribution in [0.3, 0.4) is 0 Å². The molecule has 31 heavy (non-hydrogen) atoms. The highest BCUT2D eigenvalue weighted by Crippen LogP contribution is 2.35. The number of pyridine rings is 1. The molecule has 0 fully saturated rings. The van der Waals surface area contributed by atoms with E-state index in [4.69, 9.17) is 21.7 Å². The van der Waals surface area contributed by atoms with Gasteiger partial charge in [-0.2, -0.15) is 9.61 Å². The van der Waals surface area contributed by atoms with Crippen molar-refractivity contribution < 1.29 is 0 Å². The second kappa shape index (κ2) is 7.27. The zero-order valence-corrected chi connectivity index (χ0v) is 17.7. The van der Waals surface area contributed by atoms with Gasteiger partial charge in [0.05, 0.1) is 11.2 Å². The van der Waals surface area contributed by atoms with E-state index in [0.29, 0.717) is 10.8 Å². The van der Waals surface area contributed by atoms with Gasteiger partial charge in [-0.25, -0.2) is 4.98 Å². The summed E-state index contributed by atoms with van der Waals surface area (Å²) in [6.45, 7) is 0. The van der Waals surface area contributed by atoms with Crippen molar-refractivity contribution in [3.05, 3.63) is 90.0 Å². The van der Waals surface area contributed by atoms with Crippen molar-refractivity contribution >= 4 is 38.8 Å². The third-order valence-electron chi connectivity index (χ3n) is 5.11. The molecular formula is C24H14ClN5S. The molecule has 0 amide bonds. The third-order valence-corrected chi connectivity index (χ3v) is 6.29. The summed E-state index contributed by atoms with van der Waals surface area (Å²) in [5.41, 5.74) is 4.86. The maximum atomic E-state index is 6.03. The molecule has 7 heteroatoms. The molecule has 0 aliphatic heterocycles. The molecule has 0 saturated heterocycles. The number of fused-ring (bicyclic) bond motifs is 2. The Morgan fingerprint density at radius 2 is 1.55 bits per heavy atom. The fraction of sp³-hybridized carbons (Fsp3) is 0. The van der Waals surface area contributed by atoms with E-state index in [1.54, 1.807) is 4.52 Å². The lowest BCUT2D eigenvalue weighted by molar-refractivity contribution is 0.971. The number of para-hydroxylation sites is 1. The first-order valence-electron chi connectivity index (χ1n) is 9.70.